The number of alkyl halides is 3. The van der Waals surface area contributed by atoms with Gasteiger partial charge in [-0.3, -0.25) is 0 Å². The van der Waals surface area contributed by atoms with Crippen molar-refractivity contribution in [3.05, 3.63) is 22.4 Å². The highest BCUT2D eigenvalue weighted by molar-refractivity contribution is 9.10. The van der Waals surface area contributed by atoms with E-state index in [2.05, 4.69) is 20.9 Å². The van der Waals surface area contributed by atoms with Crippen LogP contribution in [0.4, 0.5) is 18.9 Å². The number of hydrogen-bond acceptors (Lipinski definition) is 2. The number of rotatable bonds is 0. The molecule has 0 saturated heterocycles. The molecule has 1 rings (SSSR count). The lowest BCUT2D eigenvalue weighted by atomic mass is 10.2. The van der Waals surface area contributed by atoms with Crippen LogP contribution in [0.25, 0.3) is 0 Å². The number of pyridine rings is 1. The molecule has 1 aromatic rings. The minimum absolute atomic E-state index is 0.0233. The summed E-state index contributed by atoms with van der Waals surface area (Å²) in [4.78, 5) is 3.42. The Morgan fingerprint density at radius 2 is 2.00 bits per heavy atom. The maximum absolute atomic E-state index is 12.0. The van der Waals surface area contributed by atoms with Crippen molar-refractivity contribution in [1.82, 2.24) is 4.98 Å². The molecular weight excluding hydrogens is 237 g/mol. The van der Waals surface area contributed by atoms with Gasteiger partial charge in [-0.2, -0.15) is 13.2 Å². The standard InChI is InChI=1S/C6H4BrF3N2/c7-5-4(11)1-3(2-12-5)6(8,9)10/h1-2H,11H2. The third-order valence-electron chi connectivity index (χ3n) is 1.19. The topological polar surface area (TPSA) is 38.9 Å². The zero-order valence-electron chi connectivity index (χ0n) is 5.69. The van der Waals surface area contributed by atoms with Gasteiger partial charge in [-0.05, 0) is 22.0 Å². The first-order chi connectivity index (χ1) is 5.41. The number of nitrogens with two attached hydrogens (primary N) is 1. The lowest BCUT2D eigenvalue weighted by Gasteiger charge is -2.06. The molecule has 1 heterocycles. The zero-order chi connectivity index (χ0) is 9.35. The first-order valence-corrected chi connectivity index (χ1v) is 3.69. The van der Waals surface area contributed by atoms with Gasteiger partial charge < -0.3 is 5.73 Å². The molecule has 0 amide bonds. The fourth-order valence-corrected chi connectivity index (χ4v) is 0.837. The van der Waals surface area contributed by atoms with Crippen molar-refractivity contribution in [3.63, 3.8) is 0 Å². The van der Waals surface area contributed by atoms with Crippen LogP contribution in [0.2, 0.25) is 0 Å². The SMILES string of the molecule is Nc1cc(C(F)(F)F)cnc1Br. The monoisotopic (exact) mass is 240 g/mol. The number of anilines is 1. The average molecular weight is 241 g/mol. The molecule has 1 aromatic heterocycles. The zero-order valence-corrected chi connectivity index (χ0v) is 7.28. The van der Waals surface area contributed by atoms with E-state index in [9.17, 15) is 13.2 Å². The molecule has 0 radical (unpaired) electrons. The van der Waals surface area contributed by atoms with Crippen LogP contribution in [-0.4, -0.2) is 4.98 Å². The molecule has 0 atom stereocenters. The molecule has 0 spiro atoms. The molecule has 0 aliphatic heterocycles. The minimum atomic E-state index is -4.39. The summed E-state index contributed by atoms with van der Waals surface area (Å²) < 4.78 is 36.2. The van der Waals surface area contributed by atoms with E-state index >= 15 is 0 Å². The van der Waals surface area contributed by atoms with Gasteiger partial charge in [-0.15, -0.1) is 0 Å². The van der Waals surface area contributed by atoms with Gasteiger partial charge >= 0.3 is 6.18 Å². The van der Waals surface area contributed by atoms with Gasteiger partial charge in [0, 0.05) is 6.20 Å². The Morgan fingerprint density at radius 3 is 2.42 bits per heavy atom. The van der Waals surface area contributed by atoms with Crippen LogP contribution in [0.3, 0.4) is 0 Å². The first kappa shape index (κ1) is 9.31. The van der Waals surface area contributed by atoms with Crippen LogP contribution in [-0.2, 0) is 6.18 Å². The van der Waals surface area contributed by atoms with Gasteiger partial charge in [0.05, 0.1) is 11.3 Å². The van der Waals surface area contributed by atoms with Crippen molar-refractivity contribution in [1.29, 1.82) is 0 Å². The van der Waals surface area contributed by atoms with Crippen LogP contribution < -0.4 is 5.73 Å². The highest BCUT2D eigenvalue weighted by atomic mass is 79.9. The van der Waals surface area contributed by atoms with Crippen LogP contribution >= 0.6 is 15.9 Å². The summed E-state index contributed by atoms with van der Waals surface area (Å²) in [7, 11) is 0. The van der Waals surface area contributed by atoms with Gasteiger partial charge in [0.15, 0.2) is 0 Å². The van der Waals surface area contributed by atoms with E-state index in [-0.39, 0.29) is 10.3 Å². The molecule has 0 bridgehead atoms. The maximum atomic E-state index is 12.0. The number of aromatic nitrogens is 1. The smallest absolute Gasteiger partial charge is 0.397 e. The Kier molecular flexibility index (Phi) is 2.27. The molecular formula is C6H4BrF3N2. The van der Waals surface area contributed by atoms with E-state index in [0.717, 1.165) is 12.3 Å². The van der Waals surface area contributed by atoms with E-state index in [1.54, 1.807) is 0 Å². The number of hydrogen-bond donors (Lipinski definition) is 1. The molecule has 0 aromatic carbocycles. The Labute approximate surface area is 74.7 Å². The third-order valence-corrected chi connectivity index (χ3v) is 1.86. The molecule has 6 heteroatoms. The van der Waals surface area contributed by atoms with Gasteiger partial charge in [-0.25, -0.2) is 4.98 Å². The Hall–Kier alpha value is -0.780. The van der Waals surface area contributed by atoms with Gasteiger partial charge in [-0.1, -0.05) is 0 Å². The molecule has 2 nitrogen and oxygen atoms in total. The second kappa shape index (κ2) is 2.93. The maximum Gasteiger partial charge on any atom is 0.417 e. The molecule has 0 unspecified atom stereocenters. The minimum Gasteiger partial charge on any atom is -0.397 e. The van der Waals surface area contributed by atoms with E-state index in [4.69, 9.17) is 5.73 Å². The van der Waals surface area contributed by atoms with E-state index in [0.29, 0.717) is 0 Å². The van der Waals surface area contributed by atoms with Crippen LogP contribution in [0, 0.1) is 0 Å². The summed E-state index contributed by atoms with van der Waals surface area (Å²) in [6.45, 7) is 0. The van der Waals surface area contributed by atoms with Crippen molar-refractivity contribution in [2.45, 2.75) is 6.18 Å². The Morgan fingerprint density at radius 1 is 1.42 bits per heavy atom. The second-order valence-corrected chi connectivity index (χ2v) is 2.85. The van der Waals surface area contributed by atoms with Crippen molar-refractivity contribution in [2.24, 2.45) is 0 Å². The highest BCUT2D eigenvalue weighted by Gasteiger charge is 2.31. The predicted molar refractivity (Wildman–Crippen MR) is 41.4 cm³/mol. The average Bonchev–Trinajstić information content (AvgIpc) is 1.92. The number of halogens is 4. The van der Waals surface area contributed by atoms with E-state index < -0.39 is 11.7 Å². The number of nitrogens with zero attached hydrogens (tertiary/aromatic N) is 1. The van der Waals surface area contributed by atoms with Gasteiger partial charge in [0.2, 0.25) is 0 Å². The molecule has 2 N–H and O–H groups in total. The highest BCUT2D eigenvalue weighted by Crippen LogP contribution is 2.31. The second-order valence-electron chi connectivity index (χ2n) is 2.10. The normalized spacial score (nSPS) is 11.7. The summed E-state index contributed by atoms with van der Waals surface area (Å²) in [5.74, 6) is 0. The lowest BCUT2D eigenvalue weighted by molar-refractivity contribution is -0.137. The predicted octanol–water partition coefficient (Wildman–Crippen LogP) is 2.45. The summed E-state index contributed by atoms with van der Waals surface area (Å²) in [6.07, 6.45) is -3.66. The van der Waals surface area contributed by atoms with Crippen molar-refractivity contribution in [2.75, 3.05) is 5.73 Å². The summed E-state index contributed by atoms with van der Waals surface area (Å²) >= 11 is 2.89. The molecule has 12 heavy (non-hydrogen) atoms. The van der Waals surface area contributed by atoms with Crippen LogP contribution in [0.5, 0.6) is 0 Å². The fraction of sp³-hybridized carbons (Fsp3) is 0.167. The quantitative estimate of drug-likeness (QED) is 0.708. The molecule has 0 fully saturated rings. The van der Waals surface area contributed by atoms with Gasteiger partial charge in [0.1, 0.15) is 4.60 Å². The third kappa shape index (κ3) is 1.88. The van der Waals surface area contributed by atoms with E-state index in [1.807, 2.05) is 0 Å². The summed E-state index contributed by atoms with van der Waals surface area (Å²) in [5.41, 5.74) is 4.34. The van der Waals surface area contributed by atoms with Crippen molar-refractivity contribution < 1.29 is 13.2 Å². The lowest BCUT2D eigenvalue weighted by Crippen LogP contribution is -2.06. The molecule has 0 aliphatic rings. The Bertz CT molecular complexity index is 297. The van der Waals surface area contributed by atoms with E-state index in [1.165, 1.54) is 0 Å². The van der Waals surface area contributed by atoms with Crippen LogP contribution in [0.1, 0.15) is 5.56 Å². The largest absolute Gasteiger partial charge is 0.417 e. The number of nitrogen functional groups attached to an aromatic ring is 1. The van der Waals surface area contributed by atoms with Crippen LogP contribution in [0.15, 0.2) is 16.9 Å². The molecule has 0 aliphatic carbocycles. The first-order valence-electron chi connectivity index (χ1n) is 2.89. The van der Waals surface area contributed by atoms with Crippen molar-refractivity contribution in [3.8, 4) is 0 Å². The Balaban J connectivity index is 3.14. The van der Waals surface area contributed by atoms with Crippen molar-refractivity contribution >= 4 is 21.6 Å². The summed E-state index contributed by atoms with van der Waals surface area (Å²) in [5, 5.41) is 0. The fourth-order valence-electron chi connectivity index (χ4n) is 0.620. The molecule has 0 saturated carbocycles. The summed E-state index contributed by atoms with van der Waals surface area (Å²) in [6, 6.07) is 0.830. The van der Waals surface area contributed by atoms with Gasteiger partial charge in [0.25, 0.3) is 0 Å². The molecule has 66 valence electrons.